The molecule has 2 aliphatic rings. The molecule has 0 bridgehead atoms. The Morgan fingerprint density at radius 1 is 1.03 bits per heavy atom. The van der Waals surface area contributed by atoms with Crippen LogP contribution in [0.2, 0.25) is 0 Å². The van der Waals surface area contributed by atoms with Crippen molar-refractivity contribution in [2.45, 2.75) is 70.0 Å². The van der Waals surface area contributed by atoms with Gasteiger partial charge in [-0.1, -0.05) is 56.0 Å². The fourth-order valence-electron chi connectivity index (χ4n) is 4.91. The summed E-state index contributed by atoms with van der Waals surface area (Å²) in [5, 5.41) is 13.0. The molecule has 0 spiro atoms. The van der Waals surface area contributed by atoms with Crippen LogP contribution in [-0.2, 0) is 6.54 Å². The number of benzene rings is 1. The van der Waals surface area contributed by atoms with Crippen molar-refractivity contribution in [3.8, 4) is 5.88 Å². The van der Waals surface area contributed by atoms with Gasteiger partial charge in [-0.05, 0) is 18.7 Å². The highest BCUT2D eigenvalue weighted by Crippen LogP contribution is 2.28. The number of quaternary nitrogens is 1. The molecule has 1 aromatic heterocycles. The molecule has 1 saturated carbocycles. The van der Waals surface area contributed by atoms with Gasteiger partial charge in [-0.3, -0.25) is 14.8 Å². The van der Waals surface area contributed by atoms with E-state index in [1.54, 1.807) is 0 Å². The number of aliphatic imine (C=N–C) groups is 1. The first-order valence-electron chi connectivity index (χ1n) is 11.6. The highest BCUT2D eigenvalue weighted by atomic mass is 16.3. The van der Waals surface area contributed by atoms with E-state index in [1.165, 1.54) is 21.2 Å². The maximum atomic E-state index is 13.0. The lowest BCUT2D eigenvalue weighted by molar-refractivity contribution is -0.918. The third kappa shape index (κ3) is 5.34. The van der Waals surface area contributed by atoms with Crippen molar-refractivity contribution in [1.29, 1.82) is 0 Å². The molecule has 0 unspecified atom stereocenters. The van der Waals surface area contributed by atoms with Crippen LogP contribution >= 0.6 is 0 Å². The van der Waals surface area contributed by atoms with Crippen molar-refractivity contribution in [1.82, 2.24) is 9.55 Å². The van der Waals surface area contributed by atoms with E-state index >= 15 is 0 Å². The van der Waals surface area contributed by atoms with Crippen LogP contribution in [0.4, 0.5) is 0 Å². The summed E-state index contributed by atoms with van der Waals surface area (Å²) in [5.74, 6) is -0.489. The molecule has 0 amide bonds. The third-order valence-electron chi connectivity index (χ3n) is 6.70. The highest BCUT2D eigenvalue weighted by Gasteiger charge is 2.22. The van der Waals surface area contributed by atoms with Crippen LogP contribution in [0.15, 0.2) is 44.9 Å². The molecule has 166 valence electrons. The van der Waals surface area contributed by atoms with Crippen molar-refractivity contribution in [2.24, 2.45) is 4.99 Å². The molecule has 1 aliphatic carbocycles. The van der Waals surface area contributed by atoms with Gasteiger partial charge in [-0.15, -0.1) is 0 Å². The van der Waals surface area contributed by atoms with Crippen LogP contribution in [0.25, 0.3) is 0 Å². The van der Waals surface area contributed by atoms with Gasteiger partial charge >= 0.3 is 5.69 Å². The van der Waals surface area contributed by atoms with Gasteiger partial charge in [0.1, 0.15) is 6.54 Å². The Morgan fingerprint density at radius 3 is 2.39 bits per heavy atom. The largest absolute Gasteiger partial charge is 0.859 e. The first-order chi connectivity index (χ1) is 15.1. The van der Waals surface area contributed by atoms with Crippen molar-refractivity contribution in [3.63, 3.8) is 0 Å². The van der Waals surface area contributed by atoms with E-state index in [0.717, 1.165) is 71.0 Å². The van der Waals surface area contributed by atoms with E-state index in [0.29, 0.717) is 0 Å². The molecule has 1 saturated heterocycles. The molecule has 2 N–H and O–H groups in total. The number of H-pyrrole nitrogens is 1. The fourth-order valence-corrected chi connectivity index (χ4v) is 4.91. The number of aromatic nitrogens is 2. The number of hydrogen-bond donors (Lipinski definition) is 2. The second kappa shape index (κ2) is 10.1. The van der Waals surface area contributed by atoms with E-state index in [4.69, 9.17) is 0 Å². The lowest BCUT2D eigenvalue weighted by Gasteiger charge is -2.28. The van der Waals surface area contributed by atoms with Gasteiger partial charge in [0.05, 0.1) is 24.7 Å². The Balaban J connectivity index is 1.43. The number of rotatable bonds is 5. The monoisotopic (exact) mass is 424 g/mol. The Labute approximate surface area is 182 Å². The fraction of sp³-hybridized carbons (Fsp3) is 0.542. The lowest BCUT2D eigenvalue weighted by atomic mass is 10.0. The Bertz CT molecular complexity index is 996. The molecule has 1 aromatic carbocycles. The van der Waals surface area contributed by atoms with Gasteiger partial charge in [-0.2, -0.15) is 0 Å². The maximum Gasteiger partial charge on any atom is 0.328 e. The predicted octanol–water partition coefficient (Wildman–Crippen LogP) is 1.17. The van der Waals surface area contributed by atoms with Crippen LogP contribution in [0.5, 0.6) is 5.88 Å². The number of nitrogens with one attached hydrogen (secondary N) is 2. The zero-order chi connectivity index (χ0) is 21.6. The van der Waals surface area contributed by atoms with Gasteiger partial charge in [0.2, 0.25) is 0 Å². The molecule has 2 fully saturated rings. The summed E-state index contributed by atoms with van der Waals surface area (Å²) in [4.78, 5) is 33.2. The van der Waals surface area contributed by atoms with Gasteiger partial charge < -0.3 is 14.6 Å². The van der Waals surface area contributed by atoms with Crippen molar-refractivity contribution in [3.05, 3.63) is 62.3 Å². The van der Waals surface area contributed by atoms with Crippen LogP contribution in [-0.4, -0.2) is 34.9 Å². The SMILES string of the molecule is O=c1[nH]c(=O)n(C2CCCCCC2)c([O-])c1C=NC1CC[NH+](Cc2ccccc2)CC1. The summed E-state index contributed by atoms with van der Waals surface area (Å²) in [6.07, 6.45) is 9.14. The van der Waals surface area contributed by atoms with Gasteiger partial charge in [-0.25, -0.2) is 4.79 Å². The van der Waals surface area contributed by atoms with E-state index in [9.17, 15) is 14.7 Å². The minimum atomic E-state index is -0.629. The number of hydrogen-bond acceptors (Lipinski definition) is 4. The van der Waals surface area contributed by atoms with Crippen molar-refractivity contribution >= 4 is 6.21 Å². The maximum absolute atomic E-state index is 13.0. The molecule has 7 nitrogen and oxygen atoms in total. The van der Waals surface area contributed by atoms with E-state index in [2.05, 4.69) is 34.2 Å². The zero-order valence-electron chi connectivity index (χ0n) is 18.0. The van der Waals surface area contributed by atoms with Gasteiger partial charge in [0, 0.05) is 30.7 Å². The second-order valence-corrected chi connectivity index (χ2v) is 8.92. The number of aromatic amines is 1. The average molecular weight is 425 g/mol. The summed E-state index contributed by atoms with van der Waals surface area (Å²) in [5.41, 5.74) is 0.110. The van der Waals surface area contributed by atoms with E-state index in [1.807, 2.05) is 6.07 Å². The molecular weight excluding hydrogens is 392 g/mol. The number of nitrogens with zero attached hydrogens (tertiary/aromatic N) is 2. The van der Waals surface area contributed by atoms with Crippen LogP contribution in [0.1, 0.15) is 68.5 Å². The summed E-state index contributed by atoms with van der Waals surface area (Å²) in [7, 11) is 0. The minimum absolute atomic E-state index is 0.0112. The molecule has 4 rings (SSSR count). The molecule has 7 heteroatoms. The van der Waals surface area contributed by atoms with Crippen LogP contribution in [0.3, 0.4) is 0 Å². The van der Waals surface area contributed by atoms with Crippen molar-refractivity contribution < 1.29 is 10.0 Å². The molecule has 2 heterocycles. The lowest BCUT2D eigenvalue weighted by Crippen LogP contribution is -3.12. The zero-order valence-corrected chi connectivity index (χ0v) is 18.0. The van der Waals surface area contributed by atoms with Crippen LogP contribution < -0.4 is 21.3 Å². The normalized spacial score (nSPS) is 23.1. The number of piperidine rings is 1. The molecule has 0 atom stereocenters. The molecule has 31 heavy (non-hydrogen) atoms. The average Bonchev–Trinajstić information content (AvgIpc) is 3.05. The summed E-state index contributed by atoms with van der Waals surface area (Å²) in [6, 6.07) is 10.5. The Kier molecular flexibility index (Phi) is 7.02. The predicted molar refractivity (Wildman–Crippen MR) is 119 cm³/mol. The third-order valence-corrected chi connectivity index (χ3v) is 6.70. The quantitative estimate of drug-likeness (QED) is 0.557. The summed E-state index contributed by atoms with van der Waals surface area (Å²) < 4.78 is 1.26. The first kappa shape index (κ1) is 21.6. The van der Waals surface area contributed by atoms with E-state index in [-0.39, 0.29) is 17.6 Å². The first-order valence-corrected chi connectivity index (χ1v) is 11.6. The second-order valence-electron chi connectivity index (χ2n) is 8.92. The molecule has 1 aliphatic heterocycles. The van der Waals surface area contributed by atoms with Crippen molar-refractivity contribution in [2.75, 3.05) is 13.1 Å². The Morgan fingerprint density at radius 2 is 1.71 bits per heavy atom. The van der Waals surface area contributed by atoms with Gasteiger partial charge in [0.15, 0.2) is 0 Å². The minimum Gasteiger partial charge on any atom is -0.859 e. The molecule has 0 radical (unpaired) electrons. The highest BCUT2D eigenvalue weighted by molar-refractivity contribution is 5.81. The summed E-state index contributed by atoms with van der Waals surface area (Å²) in [6.45, 7) is 3.03. The standard InChI is InChI=1S/C24H32N4O3/c29-22-21(23(30)28(24(31)26-22)20-10-6-1-2-7-11-20)16-25-19-12-14-27(15-13-19)17-18-8-4-3-5-9-18/h3-5,8-9,16,19-20,30H,1-2,6-7,10-15,17H2,(H,26,29,31). The smallest absolute Gasteiger partial charge is 0.328 e. The Hall–Kier alpha value is -2.67. The number of likely N-dealkylation sites (tertiary alicyclic amines) is 1. The molecular formula is C24H32N4O3. The summed E-state index contributed by atoms with van der Waals surface area (Å²) >= 11 is 0. The van der Waals surface area contributed by atoms with Gasteiger partial charge in [0.25, 0.3) is 5.56 Å². The van der Waals surface area contributed by atoms with E-state index < -0.39 is 17.1 Å². The molecule has 2 aromatic rings. The van der Waals surface area contributed by atoms with Crippen LogP contribution in [0, 0.1) is 0 Å². The topological polar surface area (TPSA) is 94.7 Å².